The molecule has 0 spiro atoms. The van der Waals surface area contributed by atoms with E-state index in [0.717, 1.165) is 6.42 Å². The van der Waals surface area contributed by atoms with Crippen molar-refractivity contribution < 1.29 is 28.7 Å². The predicted molar refractivity (Wildman–Crippen MR) is 151 cm³/mol. The first-order valence-electron chi connectivity index (χ1n) is 14.2. The first-order valence-corrected chi connectivity index (χ1v) is 14.2. The van der Waals surface area contributed by atoms with Gasteiger partial charge in [0.05, 0.1) is 0 Å². The second-order valence-electron chi connectivity index (χ2n) is 13.0. The van der Waals surface area contributed by atoms with Crippen LogP contribution in [0.4, 0.5) is 4.79 Å². The number of likely N-dealkylation sites (tertiary alicyclic amines) is 1. The normalized spacial score (nSPS) is 19.9. The summed E-state index contributed by atoms with van der Waals surface area (Å²) in [4.78, 5) is 70.5. The molecular formula is C28H50N6O6. The lowest BCUT2D eigenvalue weighted by Gasteiger charge is -2.43. The van der Waals surface area contributed by atoms with E-state index in [-0.39, 0.29) is 30.2 Å². The van der Waals surface area contributed by atoms with E-state index in [1.807, 2.05) is 13.8 Å². The van der Waals surface area contributed by atoms with Gasteiger partial charge in [0.15, 0.2) is 0 Å². The first kappa shape index (κ1) is 33.3. The Bertz CT molecular complexity index is 940. The molecule has 12 heteroatoms. The van der Waals surface area contributed by atoms with Crippen LogP contribution < -0.4 is 16.0 Å². The number of amides is 5. The summed E-state index contributed by atoms with van der Waals surface area (Å²) < 4.78 is 5.35. The van der Waals surface area contributed by atoms with Crippen molar-refractivity contribution in [3.05, 3.63) is 0 Å². The number of alkyl carbamates (subject to hydrolysis) is 1. The van der Waals surface area contributed by atoms with E-state index in [1.54, 1.807) is 53.9 Å². The van der Waals surface area contributed by atoms with E-state index in [4.69, 9.17) is 4.74 Å². The molecule has 1 aliphatic carbocycles. The van der Waals surface area contributed by atoms with Crippen LogP contribution in [0.5, 0.6) is 0 Å². The molecule has 3 N–H and O–H groups in total. The number of ether oxygens (including phenoxy) is 1. The number of carbonyl (C=O) groups excluding carboxylic acids is 5. The molecule has 1 heterocycles. The fourth-order valence-corrected chi connectivity index (χ4v) is 5.06. The number of rotatable bonds is 11. The van der Waals surface area contributed by atoms with Crippen molar-refractivity contribution in [1.82, 2.24) is 30.7 Å². The maximum atomic E-state index is 13.6. The molecule has 1 saturated heterocycles. The van der Waals surface area contributed by atoms with E-state index in [1.165, 1.54) is 9.80 Å². The van der Waals surface area contributed by atoms with Gasteiger partial charge in [-0.2, -0.15) is 0 Å². The van der Waals surface area contributed by atoms with Gasteiger partial charge < -0.3 is 35.4 Å². The highest BCUT2D eigenvalue weighted by Gasteiger charge is 2.49. The van der Waals surface area contributed by atoms with Crippen LogP contribution in [0.3, 0.4) is 0 Å². The van der Waals surface area contributed by atoms with Gasteiger partial charge in [-0.25, -0.2) is 4.79 Å². The Morgan fingerprint density at radius 2 is 1.60 bits per heavy atom. The van der Waals surface area contributed by atoms with Crippen LogP contribution in [0.1, 0.15) is 73.1 Å². The summed E-state index contributed by atoms with van der Waals surface area (Å²) in [5.74, 6) is -1.16. The molecule has 12 nitrogen and oxygen atoms in total. The molecule has 0 bridgehead atoms. The Kier molecular flexibility index (Phi) is 11.4. The molecule has 0 aromatic rings. The van der Waals surface area contributed by atoms with Gasteiger partial charge in [-0.15, -0.1) is 0 Å². The van der Waals surface area contributed by atoms with E-state index in [9.17, 15) is 24.0 Å². The molecule has 0 aromatic carbocycles. The number of hydrogen-bond donors (Lipinski definition) is 3. The van der Waals surface area contributed by atoms with Crippen molar-refractivity contribution in [2.45, 2.75) is 102 Å². The lowest BCUT2D eigenvalue weighted by molar-refractivity contribution is -0.145. The van der Waals surface area contributed by atoms with Crippen molar-refractivity contribution in [1.29, 1.82) is 0 Å². The molecule has 0 unspecified atom stereocenters. The smallest absolute Gasteiger partial charge is 0.408 e. The van der Waals surface area contributed by atoms with Crippen molar-refractivity contribution in [3.63, 3.8) is 0 Å². The first-order chi connectivity index (χ1) is 18.5. The second kappa shape index (κ2) is 13.6. The zero-order chi connectivity index (χ0) is 30.4. The quantitative estimate of drug-likeness (QED) is 0.340. The van der Waals surface area contributed by atoms with Gasteiger partial charge in [0.25, 0.3) is 0 Å². The summed E-state index contributed by atoms with van der Waals surface area (Å²) in [5, 5.41) is 8.49. The summed E-state index contributed by atoms with van der Waals surface area (Å²) in [6.45, 7) is 9.78. The Balaban J connectivity index is 2.16. The highest BCUT2D eigenvalue weighted by molar-refractivity contribution is 5.98. The summed E-state index contributed by atoms with van der Waals surface area (Å²) in [6.07, 6.45) is 2.53. The van der Waals surface area contributed by atoms with Crippen LogP contribution in [0.2, 0.25) is 0 Å². The van der Waals surface area contributed by atoms with Gasteiger partial charge in [-0.05, 0) is 79.3 Å². The van der Waals surface area contributed by atoms with E-state index >= 15 is 0 Å². The molecule has 2 rings (SSSR count). The molecule has 228 valence electrons. The molecule has 1 saturated carbocycles. The summed E-state index contributed by atoms with van der Waals surface area (Å²) in [5.41, 5.74) is -1.84. The fourth-order valence-electron chi connectivity index (χ4n) is 5.06. The molecule has 3 atom stereocenters. The van der Waals surface area contributed by atoms with Crippen LogP contribution >= 0.6 is 0 Å². The van der Waals surface area contributed by atoms with E-state index in [0.29, 0.717) is 38.6 Å². The largest absolute Gasteiger partial charge is 0.444 e. The third-order valence-corrected chi connectivity index (χ3v) is 7.13. The average molecular weight is 567 g/mol. The van der Waals surface area contributed by atoms with E-state index in [2.05, 4.69) is 16.0 Å². The zero-order valence-electron chi connectivity index (χ0n) is 25.8. The topological polar surface area (TPSA) is 140 Å². The van der Waals surface area contributed by atoms with Crippen molar-refractivity contribution >= 4 is 29.7 Å². The Morgan fingerprint density at radius 1 is 0.975 bits per heavy atom. The van der Waals surface area contributed by atoms with Crippen molar-refractivity contribution in [2.24, 2.45) is 5.92 Å². The molecule has 2 fully saturated rings. The molecule has 5 amide bonds. The zero-order valence-corrected chi connectivity index (χ0v) is 25.8. The number of likely N-dealkylation sites (N-methyl/N-ethyl adjacent to an activating group) is 2. The molecule has 40 heavy (non-hydrogen) atoms. The van der Waals surface area contributed by atoms with Gasteiger partial charge >= 0.3 is 6.09 Å². The SMILES string of the molecule is CC(C)C[C@H](NC(=O)C1(NC(=O)[C@H]2CCCN2C(=O)[C@H](CN(C)C)NC(=O)OC(C)(C)C)CCC1)C(=O)N(C)C. The molecular weight excluding hydrogens is 516 g/mol. The Labute approximate surface area is 238 Å². The minimum atomic E-state index is -1.12. The number of carbonyl (C=O) groups is 5. The lowest BCUT2D eigenvalue weighted by atomic mass is 9.75. The Hall–Kier alpha value is -2.89. The molecule has 0 aromatic heterocycles. The Morgan fingerprint density at radius 3 is 2.08 bits per heavy atom. The van der Waals surface area contributed by atoms with Crippen LogP contribution in [0.25, 0.3) is 0 Å². The highest BCUT2D eigenvalue weighted by atomic mass is 16.6. The average Bonchev–Trinajstić information content (AvgIpc) is 3.27. The minimum absolute atomic E-state index is 0.184. The van der Waals surface area contributed by atoms with Crippen LogP contribution in [-0.2, 0) is 23.9 Å². The maximum absolute atomic E-state index is 13.6. The van der Waals surface area contributed by atoms with E-state index < -0.39 is 41.3 Å². The van der Waals surface area contributed by atoms with Gasteiger partial charge in [-0.1, -0.05) is 13.8 Å². The molecule has 2 aliphatic rings. The van der Waals surface area contributed by atoms with Gasteiger partial charge in [0, 0.05) is 27.2 Å². The standard InChI is InChI=1S/C28H50N6O6/c1-18(2)16-19(23(36)33(8)9)29-25(38)28(13-11-14-28)31-22(35)21-12-10-15-34(21)24(37)20(17-32(6)7)30-26(39)40-27(3,4)5/h18-21H,10-17H2,1-9H3,(H,29,38)(H,30,39)(H,31,35)/t19-,20-,21+/m0/s1. The summed E-state index contributed by atoms with van der Waals surface area (Å²) in [7, 11) is 6.88. The summed E-state index contributed by atoms with van der Waals surface area (Å²) in [6, 6.07) is -2.36. The molecule has 1 aliphatic heterocycles. The predicted octanol–water partition coefficient (Wildman–Crippen LogP) is 1.09. The molecule has 0 radical (unpaired) electrons. The third kappa shape index (κ3) is 9.07. The van der Waals surface area contributed by atoms with Crippen LogP contribution in [0.15, 0.2) is 0 Å². The summed E-state index contributed by atoms with van der Waals surface area (Å²) >= 11 is 0. The van der Waals surface area contributed by atoms with Crippen LogP contribution in [0, 0.1) is 5.92 Å². The van der Waals surface area contributed by atoms with Gasteiger partial charge in [0.1, 0.15) is 29.3 Å². The highest BCUT2D eigenvalue weighted by Crippen LogP contribution is 2.33. The van der Waals surface area contributed by atoms with Crippen LogP contribution in [-0.4, -0.2) is 115 Å². The number of nitrogens with zero attached hydrogens (tertiary/aromatic N) is 3. The second-order valence-corrected chi connectivity index (χ2v) is 13.0. The number of nitrogens with one attached hydrogen (secondary N) is 3. The van der Waals surface area contributed by atoms with Crippen molar-refractivity contribution in [2.75, 3.05) is 41.3 Å². The van der Waals surface area contributed by atoms with Gasteiger partial charge in [-0.3, -0.25) is 19.2 Å². The number of hydrogen-bond acceptors (Lipinski definition) is 7. The monoisotopic (exact) mass is 566 g/mol. The van der Waals surface area contributed by atoms with Gasteiger partial charge in [0.2, 0.25) is 23.6 Å². The van der Waals surface area contributed by atoms with Crippen molar-refractivity contribution in [3.8, 4) is 0 Å². The third-order valence-electron chi connectivity index (χ3n) is 7.13. The minimum Gasteiger partial charge on any atom is -0.444 e. The maximum Gasteiger partial charge on any atom is 0.408 e. The fraction of sp³-hybridized carbons (Fsp3) is 0.821. The lowest BCUT2D eigenvalue weighted by Crippen LogP contribution is -2.67.